The summed E-state index contributed by atoms with van der Waals surface area (Å²) in [5.41, 5.74) is 0.772. The first kappa shape index (κ1) is 18.8. The monoisotopic (exact) mass is 379 g/mol. The SMILES string of the molecule is O=C([O-])COc1ccccc1C=C1C(=O)NC(=O)N(Cc2ccccc2)C1=O. The molecule has 28 heavy (non-hydrogen) atoms. The number of hydrogen-bond donors (Lipinski definition) is 1. The maximum absolute atomic E-state index is 12.8. The van der Waals surface area contributed by atoms with E-state index in [-0.39, 0.29) is 17.9 Å². The van der Waals surface area contributed by atoms with Crippen LogP contribution < -0.4 is 15.2 Å². The normalized spacial score (nSPS) is 15.5. The Labute approximate surface area is 160 Å². The highest BCUT2D eigenvalue weighted by molar-refractivity contribution is 6.31. The van der Waals surface area contributed by atoms with E-state index in [0.717, 1.165) is 10.5 Å². The van der Waals surface area contributed by atoms with Crippen molar-refractivity contribution in [2.75, 3.05) is 6.61 Å². The van der Waals surface area contributed by atoms with Gasteiger partial charge in [0.2, 0.25) is 0 Å². The molecule has 0 aliphatic carbocycles. The van der Waals surface area contributed by atoms with Crippen LogP contribution in [0.1, 0.15) is 11.1 Å². The summed E-state index contributed by atoms with van der Waals surface area (Å²) < 4.78 is 5.12. The lowest BCUT2D eigenvalue weighted by atomic mass is 10.1. The van der Waals surface area contributed by atoms with E-state index in [2.05, 4.69) is 5.32 Å². The van der Waals surface area contributed by atoms with Gasteiger partial charge < -0.3 is 14.6 Å². The Balaban J connectivity index is 1.90. The smallest absolute Gasteiger partial charge is 0.331 e. The average molecular weight is 379 g/mol. The van der Waals surface area contributed by atoms with Gasteiger partial charge in [0.15, 0.2) is 0 Å². The van der Waals surface area contributed by atoms with Crippen molar-refractivity contribution in [2.45, 2.75) is 6.54 Å². The van der Waals surface area contributed by atoms with Gasteiger partial charge in [-0.3, -0.25) is 19.8 Å². The van der Waals surface area contributed by atoms with Crippen LogP contribution in [0.15, 0.2) is 60.2 Å². The standard InChI is InChI=1S/C20H16N2O6/c23-17(24)12-28-16-9-5-4-8-14(16)10-15-18(25)21-20(27)22(19(15)26)11-13-6-2-1-3-7-13/h1-10H,11-12H2,(H,23,24)(H,21,25,27)/p-1. The van der Waals surface area contributed by atoms with Crippen LogP contribution in [-0.2, 0) is 20.9 Å². The third-order valence-electron chi connectivity index (χ3n) is 3.93. The average Bonchev–Trinajstić information content (AvgIpc) is 2.68. The summed E-state index contributed by atoms with van der Waals surface area (Å²) in [6, 6.07) is 14.3. The Morgan fingerprint density at radius 3 is 2.43 bits per heavy atom. The summed E-state index contributed by atoms with van der Waals surface area (Å²) in [4.78, 5) is 48.6. The fourth-order valence-corrected chi connectivity index (χ4v) is 2.63. The predicted octanol–water partition coefficient (Wildman–Crippen LogP) is 0.477. The molecule has 2 aromatic rings. The molecule has 0 saturated carbocycles. The van der Waals surface area contributed by atoms with E-state index in [0.29, 0.717) is 5.56 Å². The minimum absolute atomic E-state index is 0.00103. The molecule has 0 atom stereocenters. The molecule has 1 fully saturated rings. The predicted molar refractivity (Wildman–Crippen MR) is 95.5 cm³/mol. The van der Waals surface area contributed by atoms with E-state index in [1.54, 1.807) is 48.5 Å². The van der Waals surface area contributed by atoms with E-state index < -0.39 is 30.4 Å². The van der Waals surface area contributed by atoms with Crippen molar-refractivity contribution in [1.29, 1.82) is 0 Å². The van der Waals surface area contributed by atoms with Crippen LogP contribution in [0.3, 0.4) is 0 Å². The summed E-state index contributed by atoms with van der Waals surface area (Å²) in [7, 11) is 0. The number of nitrogens with one attached hydrogen (secondary N) is 1. The van der Waals surface area contributed by atoms with Crippen molar-refractivity contribution in [3.8, 4) is 5.75 Å². The molecule has 1 heterocycles. The molecule has 1 saturated heterocycles. The van der Waals surface area contributed by atoms with Gasteiger partial charge in [-0.25, -0.2) is 4.79 Å². The molecule has 2 aromatic carbocycles. The number of hydrogen-bond acceptors (Lipinski definition) is 6. The van der Waals surface area contributed by atoms with Gasteiger partial charge >= 0.3 is 6.03 Å². The van der Waals surface area contributed by atoms with Crippen LogP contribution in [0.25, 0.3) is 6.08 Å². The summed E-state index contributed by atoms with van der Waals surface area (Å²) in [6.45, 7) is -0.683. The van der Waals surface area contributed by atoms with E-state index in [4.69, 9.17) is 4.74 Å². The molecule has 0 aromatic heterocycles. The summed E-state index contributed by atoms with van der Waals surface area (Å²) in [5.74, 6) is -2.85. The fourth-order valence-electron chi connectivity index (χ4n) is 2.63. The first-order valence-electron chi connectivity index (χ1n) is 8.30. The maximum atomic E-state index is 12.8. The number of urea groups is 1. The number of amides is 4. The second-order valence-corrected chi connectivity index (χ2v) is 5.89. The number of ether oxygens (including phenoxy) is 1. The van der Waals surface area contributed by atoms with E-state index >= 15 is 0 Å². The lowest BCUT2D eigenvalue weighted by Crippen LogP contribution is -2.53. The molecule has 4 amide bonds. The van der Waals surface area contributed by atoms with Crippen molar-refractivity contribution in [1.82, 2.24) is 10.2 Å². The molecule has 3 rings (SSSR count). The maximum Gasteiger partial charge on any atom is 0.331 e. The number of para-hydroxylation sites is 1. The number of nitrogens with zero attached hydrogens (tertiary/aromatic N) is 1. The Hall–Kier alpha value is -3.94. The number of carbonyl (C=O) groups is 4. The Bertz CT molecular complexity index is 968. The molecule has 1 aliphatic rings. The van der Waals surface area contributed by atoms with Gasteiger partial charge in [0.05, 0.1) is 12.5 Å². The molecule has 8 nitrogen and oxygen atoms in total. The number of imide groups is 2. The zero-order valence-electron chi connectivity index (χ0n) is 14.6. The van der Waals surface area contributed by atoms with Crippen molar-refractivity contribution >= 4 is 29.9 Å². The number of benzene rings is 2. The van der Waals surface area contributed by atoms with Crippen molar-refractivity contribution < 1.29 is 29.0 Å². The minimum atomic E-state index is -1.41. The van der Waals surface area contributed by atoms with Crippen LogP contribution in [0, 0.1) is 0 Å². The number of carboxylic acid groups (broad SMARTS) is 1. The summed E-state index contributed by atoms with van der Waals surface area (Å²) in [6.07, 6.45) is 1.26. The topological polar surface area (TPSA) is 116 Å². The van der Waals surface area contributed by atoms with E-state index in [9.17, 15) is 24.3 Å². The third-order valence-corrected chi connectivity index (χ3v) is 3.93. The highest BCUT2D eigenvalue weighted by Crippen LogP contribution is 2.23. The quantitative estimate of drug-likeness (QED) is 0.576. The van der Waals surface area contributed by atoms with E-state index in [1.807, 2.05) is 0 Å². The first-order valence-corrected chi connectivity index (χ1v) is 8.30. The highest BCUT2D eigenvalue weighted by Gasteiger charge is 2.35. The second kappa shape index (κ2) is 8.17. The lowest BCUT2D eigenvalue weighted by molar-refractivity contribution is -0.307. The zero-order chi connectivity index (χ0) is 20.1. The highest BCUT2D eigenvalue weighted by atomic mass is 16.5. The van der Waals surface area contributed by atoms with Crippen LogP contribution >= 0.6 is 0 Å². The van der Waals surface area contributed by atoms with Gasteiger partial charge in [-0.1, -0.05) is 48.5 Å². The molecule has 1 N–H and O–H groups in total. The van der Waals surface area contributed by atoms with Gasteiger partial charge in [-0.05, 0) is 17.7 Å². The lowest BCUT2D eigenvalue weighted by Gasteiger charge is -2.26. The van der Waals surface area contributed by atoms with Crippen LogP contribution in [0.2, 0.25) is 0 Å². The molecule has 0 spiro atoms. The first-order chi connectivity index (χ1) is 13.5. The number of barbiturate groups is 1. The number of carbonyl (C=O) groups excluding carboxylic acids is 4. The van der Waals surface area contributed by atoms with Gasteiger partial charge in [0.1, 0.15) is 17.9 Å². The fraction of sp³-hybridized carbons (Fsp3) is 0.100. The number of aliphatic carboxylic acids is 1. The summed E-state index contributed by atoms with van der Waals surface area (Å²) >= 11 is 0. The summed E-state index contributed by atoms with van der Waals surface area (Å²) in [5, 5.41) is 12.8. The number of carboxylic acids is 1. The second-order valence-electron chi connectivity index (χ2n) is 5.89. The van der Waals surface area contributed by atoms with E-state index in [1.165, 1.54) is 12.1 Å². The molecule has 0 radical (unpaired) electrons. The van der Waals surface area contributed by atoms with Crippen molar-refractivity contribution in [3.05, 3.63) is 71.3 Å². The van der Waals surface area contributed by atoms with Gasteiger partial charge in [-0.15, -0.1) is 0 Å². The molecule has 8 heteroatoms. The number of rotatable bonds is 6. The molecule has 1 aliphatic heterocycles. The molecule has 0 unspecified atom stereocenters. The van der Waals surface area contributed by atoms with Crippen molar-refractivity contribution in [3.63, 3.8) is 0 Å². The zero-order valence-corrected chi connectivity index (χ0v) is 14.6. The van der Waals surface area contributed by atoms with Crippen molar-refractivity contribution in [2.24, 2.45) is 0 Å². The molecule has 142 valence electrons. The van der Waals surface area contributed by atoms with Gasteiger partial charge in [0, 0.05) is 5.56 Å². The van der Waals surface area contributed by atoms with Crippen LogP contribution in [0.5, 0.6) is 5.75 Å². The molecular weight excluding hydrogens is 364 g/mol. The van der Waals surface area contributed by atoms with Crippen LogP contribution in [0.4, 0.5) is 4.79 Å². The Kier molecular flexibility index (Phi) is 5.50. The Morgan fingerprint density at radius 1 is 1.04 bits per heavy atom. The molecule has 0 bridgehead atoms. The third kappa shape index (κ3) is 4.24. The Morgan fingerprint density at radius 2 is 1.71 bits per heavy atom. The van der Waals surface area contributed by atoms with Gasteiger partial charge in [0.25, 0.3) is 11.8 Å². The molecular formula is C20H15N2O6-. The minimum Gasteiger partial charge on any atom is -0.546 e. The van der Waals surface area contributed by atoms with Crippen LogP contribution in [-0.4, -0.2) is 35.3 Å². The van der Waals surface area contributed by atoms with Gasteiger partial charge in [-0.2, -0.15) is 0 Å². The largest absolute Gasteiger partial charge is 0.546 e.